The highest BCUT2D eigenvalue weighted by Gasteiger charge is 2.13. The van der Waals surface area contributed by atoms with E-state index in [2.05, 4.69) is 34.2 Å². The molecule has 0 aliphatic rings. The number of para-hydroxylation sites is 1. The molecule has 0 atom stereocenters. The standard InChI is InChI=1S/C21H19N3O2/c1-3-15-8-10-16(11-9-15)25-13-20-23-21(24-26-20)18-12-14(2)22-19-7-5-4-6-17(18)19/h4-12H,3,13H2,1-2H3. The maximum Gasteiger partial charge on any atom is 0.264 e. The van der Waals surface area contributed by atoms with Gasteiger partial charge in [0.15, 0.2) is 6.61 Å². The summed E-state index contributed by atoms with van der Waals surface area (Å²) in [7, 11) is 0. The molecule has 130 valence electrons. The Morgan fingerprint density at radius 3 is 2.62 bits per heavy atom. The number of benzene rings is 2. The fraction of sp³-hybridized carbons (Fsp3) is 0.190. The Balaban J connectivity index is 1.56. The van der Waals surface area contributed by atoms with Crippen molar-refractivity contribution in [3.63, 3.8) is 0 Å². The van der Waals surface area contributed by atoms with Gasteiger partial charge in [-0.25, -0.2) is 0 Å². The predicted molar refractivity (Wildman–Crippen MR) is 99.9 cm³/mol. The minimum Gasteiger partial charge on any atom is -0.484 e. The van der Waals surface area contributed by atoms with Crippen LogP contribution in [0.2, 0.25) is 0 Å². The molecule has 5 heteroatoms. The van der Waals surface area contributed by atoms with E-state index in [0.717, 1.165) is 34.3 Å². The molecule has 0 saturated carbocycles. The zero-order chi connectivity index (χ0) is 17.9. The number of pyridine rings is 1. The number of aryl methyl sites for hydroxylation is 2. The lowest BCUT2D eigenvalue weighted by Crippen LogP contribution is -1.96. The maximum atomic E-state index is 5.74. The molecular formula is C21H19N3O2. The van der Waals surface area contributed by atoms with E-state index in [1.807, 2.05) is 49.4 Å². The van der Waals surface area contributed by atoms with Crippen molar-refractivity contribution in [1.82, 2.24) is 15.1 Å². The summed E-state index contributed by atoms with van der Waals surface area (Å²) in [6, 6.07) is 17.9. The maximum absolute atomic E-state index is 5.74. The summed E-state index contributed by atoms with van der Waals surface area (Å²) >= 11 is 0. The van der Waals surface area contributed by atoms with E-state index in [-0.39, 0.29) is 6.61 Å². The van der Waals surface area contributed by atoms with Crippen molar-refractivity contribution in [1.29, 1.82) is 0 Å². The van der Waals surface area contributed by atoms with Gasteiger partial charge in [0.2, 0.25) is 5.82 Å². The average molecular weight is 345 g/mol. The van der Waals surface area contributed by atoms with Crippen LogP contribution in [-0.2, 0) is 13.0 Å². The molecule has 0 spiro atoms. The van der Waals surface area contributed by atoms with Crippen molar-refractivity contribution >= 4 is 10.9 Å². The molecule has 0 amide bonds. The van der Waals surface area contributed by atoms with Gasteiger partial charge in [0.25, 0.3) is 5.89 Å². The number of rotatable bonds is 5. The van der Waals surface area contributed by atoms with Crippen molar-refractivity contribution in [3.05, 3.63) is 71.7 Å². The minimum absolute atomic E-state index is 0.237. The van der Waals surface area contributed by atoms with Gasteiger partial charge in [-0.15, -0.1) is 0 Å². The number of hydrogen-bond donors (Lipinski definition) is 0. The van der Waals surface area contributed by atoms with E-state index in [4.69, 9.17) is 9.26 Å². The first-order chi connectivity index (χ1) is 12.7. The van der Waals surface area contributed by atoms with Gasteiger partial charge in [0, 0.05) is 16.6 Å². The molecule has 2 aromatic carbocycles. The molecule has 5 nitrogen and oxygen atoms in total. The summed E-state index contributed by atoms with van der Waals surface area (Å²) in [5, 5.41) is 5.12. The highest BCUT2D eigenvalue weighted by Crippen LogP contribution is 2.26. The molecule has 2 heterocycles. The molecule has 4 aromatic rings. The number of aromatic nitrogens is 3. The van der Waals surface area contributed by atoms with Crippen LogP contribution < -0.4 is 4.74 Å². The van der Waals surface area contributed by atoms with Crippen molar-refractivity contribution in [2.24, 2.45) is 0 Å². The number of nitrogens with zero attached hydrogens (tertiary/aromatic N) is 3. The first-order valence-electron chi connectivity index (χ1n) is 8.64. The van der Waals surface area contributed by atoms with Crippen LogP contribution in [0, 0.1) is 6.92 Å². The number of hydrogen-bond acceptors (Lipinski definition) is 5. The topological polar surface area (TPSA) is 61.0 Å². The third-order valence-corrected chi connectivity index (χ3v) is 4.25. The molecule has 0 bridgehead atoms. The largest absolute Gasteiger partial charge is 0.484 e. The van der Waals surface area contributed by atoms with Gasteiger partial charge in [-0.3, -0.25) is 4.98 Å². The van der Waals surface area contributed by atoms with Crippen molar-refractivity contribution in [2.45, 2.75) is 26.9 Å². The monoisotopic (exact) mass is 345 g/mol. The minimum atomic E-state index is 0.237. The lowest BCUT2D eigenvalue weighted by molar-refractivity contribution is 0.243. The normalized spacial score (nSPS) is 11.0. The molecule has 0 radical (unpaired) electrons. The Labute approximate surface area is 151 Å². The number of ether oxygens (including phenoxy) is 1. The van der Waals surface area contributed by atoms with Crippen molar-refractivity contribution < 1.29 is 9.26 Å². The molecule has 0 aliphatic heterocycles. The van der Waals surface area contributed by atoms with Crippen LogP contribution >= 0.6 is 0 Å². The first-order valence-corrected chi connectivity index (χ1v) is 8.64. The van der Waals surface area contributed by atoms with Crippen molar-refractivity contribution in [2.75, 3.05) is 0 Å². The molecule has 0 fully saturated rings. The van der Waals surface area contributed by atoms with Crippen LogP contribution in [0.25, 0.3) is 22.3 Å². The zero-order valence-electron chi connectivity index (χ0n) is 14.8. The van der Waals surface area contributed by atoms with E-state index in [9.17, 15) is 0 Å². The molecule has 0 saturated heterocycles. The van der Waals surface area contributed by atoms with E-state index in [0.29, 0.717) is 11.7 Å². The van der Waals surface area contributed by atoms with Crippen molar-refractivity contribution in [3.8, 4) is 17.1 Å². The smallest absolute Gasteiger partial charge is 0.264 e. The van der Waals surface area contributed by atoms with Gasteiger partial charge in [-0.05, 0) is 43.2 Å². The molecular weight excluding hydrogens is 326 g/mol. The lowest BCUT2D eigenvalue weighted by atomic mass is 10.1. The zero-order valence-corrected chi connectivity index (χ0v) is 14.8. The molecule has 0 aliphatic carbocycles. The Hall–Kier alpha value is -3.21. The second-order valence-electron chi connectivity index (χ2n) is 6.13. The highest BCUT2D eigenvalue weighted by molar-refractivity contribution is 5.92. The Morgan fingerprint density at radius 1 is 1.00 bits per heavy atom. The summed E-state index contributed by atoms with van der Waals surface area (Å²) in [5.74, 6) is 1.77. The van der Waals surface area contributed by atoms with Crippen LogP contribution in [-0.4, -0.2) is 15.1 Å². The fourth-order valence-corrected chi connectivity index (χ4v) is 2.88. The summed E-state index contributed by atoms with van der Waals surface area (Å²) in [4.78, 5) is 9.04. The first kappa shape index (κ1) is 16.3. The molecule has 4 rings (SSSR count). The van der Waals surface area contributed by atoms with Crippen LogP contribution in [0.5, 0.6) is 5.75 Å². The third kappa shape index (κ3) is 3.28. The second kappa shape index (κ2) is 6.96. The molecule has 0 unspecified atom stereocenters. The third-order valence-electron chi connectivity index (χ3n) is 4.25. The quantitative estimate of drug-likeness (QED) is 0.523. The van der Waals surface area contributed by atoms with Crippen LogP contribution in [0.1, 0.15) is 24.1 Å². The van der Waals surface area contributed by atoms with Gasteiger partial charge < -0.3 is 9.26 Å². The lowest BCUT2D eigenvalue weighted by Gasteiger charge is -2.04. The fourth-order valence-electron chi connectivity index (χ4n) is 2.88. The van der Waals surface area contributed by atoms with Gasteiger partial charge in [0.05, 0.1) is 5.52 Å². The Morgan fingerprint density at radius 2 is 1.81 bits per heavy atom. The Kier molecular flexibility index (Phi) is 4.35. The van der Waals surface area contributed by atoms with Gasteiger partial charge in [-0.1, -0.05) is 42.4 Å². The van der Waals surface area contributed by atoms with E-state index in [1.165, 1.54) is 5.56 Å². The summed E-state index contributed by atoms with van der Waals surface area (Å²) in [5.41, 5.74) is 4.02. The van der Waals surface area contributed by atoms with Gasteiger partial charge >= 0.3 is 0 Å². The average Bonchev–Trinajstić information content (AvgIpc) is 3.15. The van der Waals surface area contributed by atoms with E-state index >= 15 is 0 Å². The Bertz CT molecular complexity index is 1040. The summed E-state index contributed by atoms with van der Waals surface area (Å²) < 4.78 is 11.1. The van der Waals surface area contributed by atoms with Crippen LogP contribution in [0.3, 0.4) is 0 Å². The summed E-state index contributed by atoms with van der Waals surface area (Å²) in [6.07, 6.45) is 1.01. The molecule has 26 heavy (non-hydrogen) atoms. The molecule has 0 N–H and O–H groups in total. The predicted octanol–water partition coefficient (Wildman–Crippen LogP) is 4.73. The number of fused-ring (bicyclic) bond motifs is 1. The highest BCUT2D eigenvalue weighted by atomic mass is 16.5. The van der Waals surface area contributed by atoms with Crippen LogP contribution in [0.15, 0.2) is 59.1 Å². The molecule has 2 aromatic heterocycles. The van der Waals surface area contributed by atoms with Crippen LogP contribution in [0.4, 0.5) is 0 Å². The van der Waals surface area contributed by atoms with E-state index in [1.54, 1.807) is 0 Å². The van der Waals surface area contributed by atoms with Gasteiger partial charge in [0.1, 0.15) is 5.75 Å². The second-order valence-corrected chi connectivity index (χ2v) is 6.13. The van der Waals surface area contributed by atoms with Gasteiger partial charge in [-0.2, -0.15) is 4.98 Å². The SMILES string of the molecule is CCc1ccc(OCc2nc(-c3cc(C)nc4ccccc34)no2)cc1. The summed E-state index contributed by atoms with van der Waals surface area (Å²) in [6.45, 7) is 4.32. The van der Waals surface area contributed by atoms with E-state index < -0.39 is 0 Å².